The van der Waals surface area contributed by atoms with Gasteiger partial charge in [0.1, 0.15) is 0 Å². The smallest absolute Gasteiger partial charge is 0.271 e. The molecule has 0 amide bonds. The number of fused-ring (bicyclic) bond motifs is 1. The summed E-state index contributed by atoms with van der Waals surface area (Å²) < 4.78 is 7.40. The standard InChI is InChI=1S/C15H17N3O2S2/c1-9-16-14-12(13(22-9)10-4-7-21-8-10)15(19)17-18(14)11-2-5-20-6-3-11/h4,7-8,11,13H,2-3,5-6H2,1H3,(H,17,19)/t13-/m0/s1. The third kappa shape index (κ3) is 2.37. The Labute approximate surface area is 136 Å². The molecule has 2 aliphatic heterocycles. The van der Waals surface area contributed by atoms with Gasteiger partial charge in [-0.3, -0.25) is 14.6 Å². The minimum Gasteiger partial charge on any atom is -0.381 e. The van der Waals surface area contributed by atoms with E-state index in [0.717, 1.165) is 42.5 Å². The van der Waals surface area contributed by atoms with Gasteiger partial charge in [0.25, 0.3) is 5.56 Å². The highest BCUT2D eigenvalue weighted by molar-refractivity contribution is 8.14. The largest absolute Gasteiger partial charge is 0.381 e. The molecule has 0 spiro atoms. The molecule has 0 bridgehead atoms. The summed E-state index contributed by atoms with van der Waals surface area (Å²) in [5.74, 6) is 0.810. The second-order valence-electron chi connectivity index (χ2n) is 5.58. The summed E-state index contributed by atoms with van der Waals surface area (Å²) in [4.78, 5) is 17.2. The van der Waals surface area contributed by atoms with Crippen LogP contribution in [0.5, 0.6) is 0 Å². The first-order valence-corrected chi connectivity index (χ1v) is 9.22. The average molecular weight is 335 g/mol. The van der Waals surface area contributed by atoms with Crippen molar-refractivity contribution in [1.82, 2.24) is 9.78 Å². The van der Waals surface area contributed by atoms with Crippen LogP contribution in [0.3, 0.4) is 0 Å². The van der Waals surface area contributed by atoms with Crippen LogP contribution >= 0.6 is 23.1 Å². The Morgan fingerprint density at radius 3 is 2.95 bits per heavy atom. The Morgan fingerprint density at radius 2 is 2.23 bits per heavy atom. The van der Waals surface area contributed by atoms with Gasteiger partial charge in [-0.05, 0) is 42.2 Å². The molecule has 4 heterocycles. The predicted molar refractivity (Wildman–Crippen MR) is 90.7 cm³/mol. The fourth-order valence-corrected chi connectivity index (χ4v) is 4.94. The highest BCUT2D eigenvalue weighted by Crippen LogP contribution is 2.45. The summed E-state index contributed by atoms with van der Waals surface area (Å²) in [6.07, 6.45) is 1.84. The molecule has 116 valence electrons. The maximum absolute atomic E-state index is 12.6. The third-order valence-electron chi connectivity index (χ3n) is 4.15. The topological polar surface area (TPSA) is 59.4 Å². The average Bonchev–Trinajstić information content (AvgIpc) is 3.16. The van der Waals surface area contributed by atoms with E-state index in [-0.39, 0.29) is 16.9 Å². The molecule has 1 atom stereocenters. The molecule has 22 heavy (non-hydrogen) atoms. The van der Waals surface area contributed by atoms with Crippen LogP contribution < -0.4 is 5.56 Å². The molecule has 1 fully saturated rings. The van der Waals surface area contributed by atoms with Gasteiger partial charge in [-0.1, -0.05) is 11.8 Å². The lowest BCUT2D eigenvalue weighted by atomic mass is 10.1. The van der Waals surface area contributed by atoms with E-state index in [1.807, 2.05) is 11.6 Å². The Kier molecular flexibility index (Phi) is 3.71. The number of thiophene rings is 1. The molecule has 0 aliphatic carbocycles. The Balaban J connectivity index is 1.82. The van der Waals surface area contributed by atoms with Gasteiger partial charge in [0, 0.05) is 13.2 Å². The van der Waals surface area contributed by atoms with Crippen LogP contribution in [0, 0.1) is 0 Å². The van der Waals surface area contributed by atoms with Gasteiger partial charge in [-0.15, -0.1) is 0 Å². The van der Waals surface area contributed by atoms with Gasteiger partial charge >= 0.3 is 0 Å². The lowest BCUT2D eigenvalue weighted by Gasteiger charge is -2.26. The van der Waals surface area contributed by atoms with E-state index in [0.29, 0.717) is 0 Å². The highest BCUT2D eigenvalue weighted by Gasteiger charge is 2.32. The number of aromatic amines is 1. The maximum atomic E-state index is 12.6. The van der Waals surface area contributed by atoms with Crippen molar-refractivity contribution in [2.45, 2.75) is 31.1 Å². The summed E-state index contributed by atoms with van der Waals surface area (Å²) in [7, 11) is 0. The van der Waals surface area contributed by atoms with Crippen molar-refractivity contribution in [3.05, 3.63) is 38.3 Å². The summed E-state index contributed by atoms with van der Waals surface area (Å²) in [6.45, 7) is 3.49. The van der Waals surface area contributed by atoms with Crippen LogP contribution in [0.15, 0.2) is 26.6 Å². The summed E-state index contributed by atoms with van der Waals surface area (Å²) in [5.41, 5.74) is 1.96. The second kappa shape index (κ2) is 5.72. The molecule has 7 heteroatoms. The molecule has 2 aromatic heterocycles. The van der Waals surface area contributed by atoms with Gasteiger partial charge in [-0.25, -0.2) is 4.99 Å². The number of nitrogens with one attached hydrogen (secondary N) is 1. The van der Waals surface area contributed by atoms with Crippen LogP contribution in [0.25, 0.3) is 0 Å². The van der Waals surface area contributed by atoms with E-state index < -0.39 is 0 Å². The van der Waals surface area contributed by atoms with Crippen molar-refractivity contribution in [2.24, 2.45) is 4.99 Å². The molecule has 2 aromatic rings. The van der Waals surface area contributed by atoms with Crippen LogP contribution in [-0.2, 0) is 4.74 Å². The fraction of sp³-hybridized carbons (Fsp3) is 0.467. The lowest BCUT2D eigenvalue weighted by Crippen LogP contribution is -2.21. The normalized spacial score (nSPS) is 22.4. The third-order valence-corrected chi connectivity index (χ3v) is 6.03. The number of nitrogens with zero attached hydrogens (tertiary/aromatic N) is 2. The Bertz CT molecular complexity index is 754. The number of aliphatic imine (C=N–C) groups is 1. The summed E-state index contributed by atoms with van der Waals surface area (Å²) in [6, 6.07) is 2.36. The van der Waals surface area contributed by atoms with Gasteiger partial charge in [0.15, 0.2) is 5.82 Å². The van der Waals surface area contributed by atoms with Crippen molar-refractivity contribution in [1.29, 1.82) is 0 Å². The number of aromatic nitrogens is 2. The molecule has 5 nitrogen and oxygen atoms in total. The molecule has 1 saturated heterocycles. The quantitative estimate of drug-likeness (QED) is 0.914. The minimum absolute atomic E-state index is 0.0126. The van der Waals surface area contributed by atoms with Crippen molar-refractivity contribution in [2.75, 3.05) is 13.2 Å². The fourth-order valence-electron chi connectivity index (χ4n) is 3.08. The molecular weight excluding hydrogens is 318 g/mol. The highest BCUT2D eigenvalue weighted by atomic mass is 32.2. The van der Waals surface area contributed by atoms with Crippen LogP contribution in [0.1, 0.15) is 42.2 Å². The monoisotopic (exact) mass is 335 g/mol. The molecule has 0 unspecified atom stereocenters. The van der Waals surface area contributed by atoms with Gasteiger partial charge in [0.05, 0.1) is 21.9 Å². The van der Waals surface area contributed by atoms with Crippen molar-refractivity contribution < 1.29 is 4.74 Å². The molecule has 4 rings (SSSR count). The van der Waals surface area contributed by atoms with Crippen LogP contribution in [0.4, 0.5) is 5.82 Å². The molecule has 0 radical (unpaired) electrons. The van der Waals surface area contributed by atoms with E-state index in [9.17, 15) is 4.79 Å². The number of H-pyrrole nitrogens is 1. The SMILES string of the molecule is CC1=Nc2c(c(=O)[nH]n2C2CCOCC2)[C@H](c2ccsc2)S1. The van der Waals surface area contributed by atoms with Crippen molar-refractivity contribution in [3.8, 4) is 0 Å². The lowest BCUT2D eigenvalue weighted by molar-refractivity contribution is 0.0666. The summed E-state index contributed by atoms with van der Waals surface area (Å²) >= 11 is 3.32. The van der Waals surface area contributed by atoms with Crippen LogP contribution in [0.2, 0.25) is 0 Å². The second-order valence-corrected chi connectivity index (χ2v) is 7.66. The van der Waals surface area contributed by atoms with Gasteiger partial charge in [0.2, 0.25) is 0 Å². The maximum Gasteiger partial charge on any atom is 0.271 e. The zero-order valence-corrected chi connectivity index (χ0v) is 13.9. The number of hydrogen-bond donors (Lipinski definition) is 1. The molecular formula is C15H17N3O2S2. The molecule has 1 N–H and O–H groups in total. The van der Waals surface area contributed by atoms with Crippen molar-refractivity contribution in [3.63, 3.8) is 0 Å². The van der Waals surface area contributed by atoms with Crippen molar-refractivity contribution >= 4 is 34.0 Å². The van der Waals surface area contributed by atoms with E-state index in [1.54, 1.807) is 23.1 Å². The zero-order valence-electron chi connectivity index (χ0n) is 12.2. The summed E-state index contributed by atoms with van der Waals surface area (Å²) in [5, 5.41) is 8.25. The molecule has 2 aliphatic rings. The van der Waals surface area contributed by atoms with E-state index in [2.05, 4.69) is 26.9 Å². The first-order chi connectivity index (χ1) is 10.7. The minimum atomic E-state index is -0.0126. The molecule has 0 saturated carbocycles. The van der Waals surface area contributed by atoms with E-state index in [1.165, 1.54) is 5.56 Å². The Morgan fingerprint density at radius 1 is 1.41 bits per heavy atom. The van der Waals surface area contributed by atoms with E-state index in [4.69, 9.17) is 4.74 Å². The number of hydrogen-bond acceptors (Lipinski definition) is 5. The first kappa shape index (κ1) is 14.3. The zero-order chi connectivity index (χ0) is 15.1. The van der Waals surface area contributed by atoms with Crippen LogP contribution in [-0.4, -0.2) is 28.0 Å². The Hall–Kier alpha value is -1.31. The first-order valence-electron chi connectivity index (χ1n) is 7.40. The predicted octanol–water partition coefficient (Wildman–Crippen LogP) is 3.48. The number of rotatable bonds is 2. The van der Waals surface area contributed by atoms with E-state index >= 15 is 0 Å². The number of thioether (sulfide) groups is 1. The molecule has 0 aromatic carbocycles. The number of ether oxygens (including phenoxy) is 1. The van der Waals surface area contributed by atoms with Gasteiger partial charge < -0.3 is 4.74 Å². The van der Waals surface area contributed by atoms with Gasteiger partial charge in [-0.2, -0.15) is 11.3 Å².